The molecule has 1 aromatic carbocycles. The first kappa shape index (κ1) is 35.7. The molecule has 1 aromatic heterocycles. The number of carbonyl (C=O) groups is 1. The summed E-state index contributed by atoms with van der Waals surface area (Å²) < 4.78 is 7.08. The van der Waals surface area contributed by atoms with Crippen LogP contribution >= 0.6 is 0 Å². The van der Waals surface area contributed by atoms with Gasteiger partial charge in [0.1, 0.15) is 0 Å². The maximum atomic E-state index is 13.5. The van der Waals surface area contributed by atoms with Crippen molar-refractivity contribution in [3.63, 3.8) is 0 Å². The van der Waals surface area contributed by atoms with E-state index in [9.17, 15) is 4.79 Å². The number of fused-ring (bicyclic) bond motifs is 6. The number of likely N-dealkylation sites (N-methyl/N-ethyl adjacent to an activating group) is 1. The van der Waals surface area contributed by atoms with Gasteiger partial charge >= 0.3 is 0 Å². The molecule has 2 aromatic rings. The van der Waals surface area contributed by atoms with Crippen molar-refractivity contribution < 1.29 is 14.0 Å². The lowest BCUT2D eigenvalue weighted by atomic mass is 9.47. The van der Waals surface area contributed by atoms with Crippen molar-refractivity contribution in [1.29, 1.82) is 0 Å². The summed E-state index contributed by atoms with van der Waals surface area (Å²) in [5, 5.41) is 4.44. The number of aromatic amines is 1. The van der Waals surface area contributed by atoms with Gasteiger partial charge in [0.25, 0.3) is 5.91 Å². The number of ether oxygens (including phenoxy) is 1. The molecule has 6 rings (SSSR count). The second-order valence-corrected chi connectivity index (χ2v) is 18.5. The summed E-state index contributed by atoms with van der Waals surface area (Å²) in [5.41, 5.74) is 4.91. The van der Waals surface area contributed by atoms with Crippen molar-refractivity contribution in [2.24, 2.45) is 46.3 Å². The SMILES string of the molecule is CC(C)CCC[C@@H](C)[C@H]1CC[C@H]2[C@@H]3CC=C4C[C@@H](OCCNC(=O)[C@H](Cc5c[nH]c6ccccc56)[N+](C)(C)C)CC[C@]4(C)[C@H]3CC[C@]12C. The predicted molar refractivity (Wildman–Crippen MR) is 200 cm³/mol. The zero-order valence-corrected chi connectivity index (χ0v) is 31.7. The van der Waals surface area contributed by atoms with Crippen molar-refractivity contribution >= 4 is 16.8 Å². The largest absolute Gasteiger partial charge is 0.376 e. The first-order chi connectivity index (χ1) is 22.8. The first-order valence-electron chi connectivity index (χ1n) is 19.8. The quantitative estimate of drug-likeness (QED) is 0.128. The van der Waals surface area contributed by atoms with E-state index >= 15 is 0 Å². The van der Waals surface area contributed by atoms with Crippen molar-refractivity contribution in [3.05, 3.63) is 47.7 Å². The number of hydrogen-bond acceptors (Lipinski definition) is 2. The second kappa shape index (κ2) is 14.3. The molecular weight excluding hydrogens is 590 g/mol. The Morgan fingerprint density at radius 2 is 1.81 bits per heavy atom. The van der Waals surface area contributed by atoms with E-state index in [-0.39, 0.29) is 18.1 Å². The zero-order valence-electron chi connectivity index (χ0n) is 31.7. The zero-order chi connectivity index (χ0) is 34.3. The summed E-state index contributed by atoms with van der Waals surface area (Å²) in [6.45, 7) is 13.8. The average Bonchev–Trinajstić information content (AvgIpc) is 3.61. The highest BCUT2D eigenvalue weighted by atomic mass is 16.5. The Kier molecular flexibility index (Phi) is 10.6. The lowest BCUT2D eigenvalue weighted by Gasteiger charge is -2.58. The minimum Gasteiger partial charge on any atom is -0.376 e. The van der Waals surface area contributed by atoms with Crippen LogP contribution in [0.25, 0.3) is 10.9 Å². The molecular formula is C43H68N3O2+. The van der Waals surface area contributed by atoms with Crippen LogP contribution in [-0.4, -0.2) is 61.8 Å². The molecule has 3 fully saturated rings. The number of nitrogens with one attached hydrogen (secondary N) is 2. The molecule has 4 aliphatic carbocycles. The van der Waals surface area contributed by atoms with Crippen molar-refractivity contribution in [2.45, 2.75) is 124 Å². The van der Waals surface area contributed by atoms with Crippen LogP contribution in [0.15, 0.2) is 42.1 Å². The number of allylic oxidation sites excluding steroid dienone is 1. The third-order valence-electron chi connectivity index (χ3n) is 14.3. The van der Waals surface area contributed by atoms with Crippen LogP contribution in [0.5, 0.6) is 0 Å². The summed E-state index contributed by atoms with van der Waals surface area (Å²) in [7, 11) is 6.35. The van der Waals surface area contributed by atoms with E-state index < -0.39 is 0 Å². The van der Waals surface area contributed by atoms with Crippen LogP contribution in [0.2, 0.25) is 0 Å². The van der Waals surface area contributed by atoms with E-state index in [0.29, 0.717) is 34.9 Å². The molecule has 5 heteroatoms. The number of quaternary nitrogens is 1. The molecule has 0 bridgehead atoms. The summed E-state index contributed by atoms with van der Waals surface area (Å²) in [5.74, 6) is 5.36. The number of H-pyrrole nitrogens is 1. The fourth-order valence-electron chi connectivity index (χ4n) is 11.5. The van der Waals surface area contributed by atoms with E-state index in [0.717, 1.165) is 53.9 Å². The monoisotopic (exact) mass is 659 g/mol. The van der Waals surface area contributed by atoms with Gasteiger partial charge < -0.3 is 19.5 Å². The summed E-state index contributed by atoms with van der Waals surface area (Å²) in [6.07, 6.45) is 20.5. The Balaban J connectivity index is 1.01. The van der Waals surface area contributed by atoms with Gasteiger partial charge in [0, 0.05) is 30.1 Å². The van der Waals surface area contributed by atoms with Gasteiger partial charge in [-0.2, -0.15) is 0 Å². The maximum Gasteiger partial charge on any atom is 0.278 e. The molecule has 0 spiro atoms. The average molecular weight is 659 g/mol. The van der Waals surface area contributed by atoms with E-state index in [1.165, 1.54) is 68.7 Å². The van der Waals surface area contributed by atoms with E-state index in [2.05, 4.69) is 96.5 Å². The molecule has 1 heterocycles. The normalized spacial score (nSPS) is 33.1. The third-order valence-corrected chi connectivity index (χ3v) is 14.3. The van der Waals surface area contributed by atoms with E-state index in [1.54, 1.807) is 5.57 Å². The van der Waals surface area contributed by atoms with E-state index in [1.807, 2.05) is 6.07 Å². The second-order valence-electron chi connectivity index (χ2n) is 18.5. The predicted octanol–water partition coefficient (Wildman–Crippen LogP) is 9.33. The number of aromatic nitrogens is 1. The molecule has 48 heavy (non-hydrogen) atoms. The molecule has 266 valence electrons. The van der Waals surface area contributed by atoms with Crippen LogP contribution in [0.1, 0.15) is 111 Å². The van der Waals surface area contributed by atoms with Gasteiger partial charge in [-0.25, -0.2) is 0 Å². The minimum atomic E-state index is -0.166. The molecule has 0 unspecified atom stereocenters. The van der Waals surface area contributed by atoms with Crippen LogP contribution in [0, 0.1) is 46.3 Å². The highest BCUT2D eigenvalue weighted by Gasteiger charge is 2.59. The molecule has 5 nitrogen and oxygen atoms in total. The number of rotatable bonds is 13. The lowest BCUT2D eigenvalue weighted by Crippen LogP contribution is -2.55. The summed E-state index contributed by atoms with van der Waals surface area (Å²) in [4.78, 5) is 16.9. The summed E-state index contributed by atoms with van der Waals surface area (Å²) in [6, 6.07) is 8.19. The molecule has 1 amide bonds. The Morgan fingerprint density at radius 1 is 1.02 bits per heavy atom. The minimum absolute atomic E-state index is 0.108. The van der Waals surface area contributed by atoms with Crippen molar-refractivity contribution in [1.82, 2.24) is 10.3 Å². The number of carbonyl (C=O) groups excluding carboxylic acids is 1. The highest BCUT2D eigenvalue weighted by Crippen LogP contribution is 2.67. The van der Waals surface area contributed by atoms with Gasteiger partial charge in [0.05, 0.1) is 33.9 Å². The fourth-order valence-corrected chi connectivity index (χ4v) is 11.5. The fraction of sp³-hybridized carbons (Fsp3) is 0.744. The number of hydrogen-bond donors (Lipinski definition) is 2. The maximum absolute atomic E-state index is 13.5. The van der Waals surface area contributed by atoms with Crippen LogP contribution in [-0.2, 0) is 16.0 Å². The molecule has 9 atom stereocenters. The van der Waals surface area contributed by atoms with Gasteiger partial charge in [-0.1, -0.05) is 83.7 Å². The standard InChI is InChI=1S/C43H67N3O2/c1-29(2)12-11-13-30(3)36-18-19-37-35-17-16-32-27-33(20-22-42(32,4)38(35)21-23-43(36,37)5)48-25-24-44-41(47)40(46(6,7)8)26-31-28-45-39-15-10-9-14-34(31)39/h9-10,14-16,28-30,33,35-38,40,45H,11-13,17-27H2,1-8H3/p+1/t30-,33+,35+,36-,37+,38+,40+,42+,43-/m1/s1. The molecule has 2 N–H and O–H groups in total. The van der Waals surface area contributed by atoms with Gasteiger partial charge in [0.2, 0.25) is 0 Å². The first-order valence-corrected chi connectivity index (χ1v) is 19.8. The third kappa shape index (κ3) is 7.07. The number of amides is 1. The number of para-hydroxylation sites is 1. The van der Waals surface area contributed by atoms with E-state index in [4.69, 9.17) is 4.74 Å². The Morgan fingerprint density at radius 3 is 2.58 bits per heavy atom. The molecule has 0 aliphatic heterocycles. The number of benzene rings is 1. The Bertz CT molecular complexity index is 1430. The topological polar surface area (TPSA) is 54.1 Å². The van der Waals surface area contributed by atoms with Crippen molar-refractivity contribution in [2.75, 3.05) is 34.3 Å². The summed E-state index contributed by atoms with van der Waals surface area (Å²) >= 11 is 0. The van der Waals surface area contributed by atoms with Gasteiger partial charge in [0.15, 0.2) is 6.04 Å². The molecule has 4 aliphatic rings. The van der Waals surface area contributed by atoms with Gasteiger partial charge in [-0.15, -0.1) is 0 Å². The number of nitrogens with zero attached hydrogens (tertiary/aromatic N) is 1. The molecule has 0 saturated heterocycles. The molecule has 0 radical (unpaired) electrons. The lowest BCUT2D eigenvalue weighted by molar-refractivity contribution is -0.886. The van der Waals surface area contributed by atoms with Crippen molar-refractivity contribution in [3.8, 4) is 0 Å². The van der Waals surface area contributed by atoms with Gasteiger partial charge in [-0.05, 0) is 109 Å². The molecule has 3 saturated carbocycles. The highest BCUT2D eigenvalue weighted by molar-refractivity contribution is 5.85. The Labute approximate surface area is 292 Å². The van der Waals surface area contributed by atoms with Crippen LogP contribution in [0.3, 0.4) is 0 Å². The van der Waals surface area contributed by atoms with Crippen LogP contribution < -0.4 is 5.32 Å². The Hall–Kier alpha value is -2.11. The smallest absolute Gasteiger partial charge is 0.278 e. The van der Waals surface area contributed by atoms with Gasteiger partial charge in [-0.3, -0.25) is 4.79 Å². The van der Waals surface area contributed by atoms with Crippen LogP contribution in [0.4, 0.5) is 0 Å².